The van der Waals surface area contributed by atoms with Crippen molar-refractivity contribution in [2.75, 3.05) is 0 Å². The molecular weight excluding hydrogens is 326 g/mol. The average molecular weight is 348 g/mol. The Bertz CT molecular complexity index is 671. The third-order valence-electron chi connectivity index (χ3n) is 3.27. The van der Waals surface area contributed by atoms with Crippen LogP contribution >= 0.6 is 11.6 Å². The Morgan fingerprint density at radius 2 is 1.71 bits per heavy atom. The summed E-state index contributed by atoms with van der Waals surface area (Å²) in [5.74, 6) is 1.12. The lowest BCUT2D eigenvalue weighted by molar-refractivity contribution is -0.127. The molecule has 2 aromatic carbocycles. The molecule has 0 saturated carbocycles. The van der Waals surface area contributed by atoms with E-state index in [9.17, 15) is 4.79 Å². The molecule has 2 aromatic rings. The zero-order valence-corrected chi connectivity index (χ0v) is 14.8. The van der Waals surface area contributed by atoms with Gasteiger partial charge in [-0.05, 0) is 50.6 Å². The number of nitrogens with one attached hydrogen (secondary N) is 1. The first-order chi connectivity index (χ1) is 11.5. The van der Waals surface area contributed by atoms with E-state index in [4.69, 9.17) is 21.1 Å². The van der Waals surface area contributed by atoms with Crippen LogP contribution in [0.25, 0.3) is 0 Å². The number of halogens is 1. The highest BCUT2D eigenvalue weighted by atomic mass is 35.5. The minimum atomic E-state index is -0.631. The third kappa shape index (κ3) is 5.46. The Kier molecular flexibility index (Phi) is 6.50. The van der Waals surface area contributed by atoms with E-state index in [2.05, 4.69) is 5.32 Å². The summed E-state index contributed by atoms with van der Waals surface area (Å²) in [5.41, 5.74) is 0.990. The molecule has 1 atom stereocenters. The molecule has 0 aliphatic carbocycles. The number of ether oxygens (including phenoxy) is 2. The van der Waals surface area contributed by atoms with Crippen molar-refractivity contribution in [1.82, 2.24) is 5.32 Å². The quantitative estimate of drug-likeness (QED) is 0.816. The number of amides is 1. The van der Waals surface area contributed by atoms with Crippen molar-refractivity contribution in [3.8, 4) is 11.5 Å². The Balaban J connectivity index is 1.85. The topological polar surface area (TPSA) is 47.6 Å². The van der Waals surface area contributed by atoms with Crippen LogP contribution in [0.1, 0.15) is 26.3 Å². The van der Waals surface area contributed by atoms with Gasteiger partial charge in [-0.2, -0.15) is 0 Å². The second-order valence-electron chi connectivity index (χ2n) is 5.72. The number of para-hydroxylation sites is 1. The molecule has 1 amide bonds. The van der Waals surface area contributed by atoms with Gasteiger partial charge < -0.3 is 14.8 Å². The molecule has 24 heavy (non-hydrogen) atoms. The lowest BCUT2D eigenvalue weighted by atomic mass is 10.2. The molecule has 0 aliphatic rings. The number of carbonyl (C=O) groups is 1. The van der Waals surface area contributed by atoms with Crippen molar-refractivity contribution < 1.29 is 14.3 Å². The summed E-state index contributed by atoms with van der Waals surface area (Å²) in [4.78, 5) is 12.1. The minimum absolute atomic E-state index is 0.137. The summed E-state index contributed by atoms with van der Waals surface area (Å²) in [6.07, 6.45) is -0.494. The second kappa shape index (κ2) is 8.60. The Morgan fingerprint density at radius 3 is 2.33 bits per heavy atom. The zero-order valence-electron chi connectivity index (χ0n) is 14.1. The van der Waals surface area contributed by atoms with Gasteiger partial charge in [-0.3, -0.25) is 4.79 Å². The van der Waals surface area contributed by atoms with E-state index in [0.29, 0.717) is 17.3 Å². The van der Waals surface area contributed by atoms with E-state index in [-0.39, 0.29) is 12.0 Å². The molecular formula is C19H22ClNO3. The SMILES string of the molecule is CC(C)Oc1ccc(CNC(=O)[C@H](C)Oc2ccccc2Cl)cc1. The molecule has 0 unspecified atom stereocenters. The predicted molar refractivity (Wildman–Crippen MR) is 95.6 cm³/mol. The number of carbonyl (C=O) groups excluding carboxylic acids is 1. The maximum absolute atomic E-state index is 12.1. The summed E-state index contributed by atoms with van der Waals surface area (Å²) < 4.78 is 11.2. The maximum Gasteiger partial charge on any atom is 0.261 e. The molecule has 128 valence electrons. The van der Waals surface area contributed by atoms with Gasteiger partial charge in [0, 0.05) is 6.54 Å². The van der Waals surface area contributed by atoms with Crippen LogP contribution in [-0.2, 0) is 11.3 Å². The number of benzene rings is 2. The molecule has 0 bridgehead atoms. The van der Waals surface area contributed by atoms with Gasteiger partial charge in [0.2, 0.25) is 0 Å². The van der Waals surface area contributed by atoms with E-state index < -0.39 is 6.10 Å². The maximum atomic E-state index is 12.1. The number of rotatable bonds is 7. The summed E-state index contributed by atoms with van der Waals surface area (Å²) in [5, 5.41) is 3.33. The molecule has 0 saturated heterocycles. The van der Waals surface area contributed by atoms with Crippen LogP contribution in [0.15, 0.2) is 48.5 Å². The molecule has 1 N–H and O–H groups in total. The predicted octanol–water partition coefficient (Wildman–Crippen LogP) is 4.21. The lowest BCUT2D eigenvalue weighted by Crippen LogP contribution is -2.35. The summed E-state index contributed by atoms with van der Waals surface area (Å²) in [6, 6.07) is 14.7. The highest BCUT2D eigenvalue weighted by Crippen LogP contribution is 2.24. The highest BCUT2D eigenvalue weighted by Gasteiger charge is 2.15. The van der Waals surface area contributed by atoms with Crippen LogP contribution in [0.3, 0.4) is 0 Å². The smallest absolute Gasteiger partial charge is 0.261 e. The molecule has 0 fully saturated rings. The van der Waals surface area contributed by atoms with Crippen molar-refractivity contribution in [2.45, 2.75) is 39.5 Å². The zero-order chi connectivity index (χ0) is 17.5. The van der Waals surface area contributed by atoms with E-state index >= 15 is 0 Å². The Hall–Kier alpha value is -2.20. The van der Waals surface area contributed by atoms with Gasteiger partial charge in [0.15, 0.2) is 6.10 Å². The molecule has 5 heteroatoms. The molecule has 4 nitrogen and oxygen atoms in total. The van der Waals surface area contributed by atoms with Crippen LogP contribution in [0.2, 0.25) is 5.02 Å². The first-order valence-electron chi connectivity index (χ1n) is 7.90. The van der Waals surface area contributed by atoms with E-state index in [1.54, 1.807) is 19.1 Å². The molecule has 0 heterocycles. The third-order valence-corrected chi connectivity index (χ3v) is 3.58. The van der Waals surface area contributed by atoms with Gasteiger partial charge in [0.25, 0.3) is 5.91 Å². The van der Waals surface area contributed by atoms with Crippen molar-refractivity contribution in [3.05, 3.63) is 59.1 Å². The number of hydrogen-bond acceptors (Lipinski definition) is 3. The summed E-state index contributed by atoms with van der Waals surface area (Å²) >= 11 is 6.03. The normalized spacial score (nSPS) is 11.9. The van der Waals surface area contributed by atoms with Gasteiger partial charge in [-0.15, -0.1) is 0 Å². The fourth-order valence-electron chi connectivity index (χ4n) is 2.08. The van der Waals surface area contributed by atoms with Crippen LogP contribution in [0.4, 0.5) is 0 Å². The first kappa shape index (κ1) is 18.1. The van der Waals surface area contributed by atoms with Crippen LogP contribution in [0, 0.1) is 0 Å². The minimum Gasteiger partial charge on any atom is -0.491 e. The fourth-order valence-corrected chi connectivity index (χ4v) is 2.26. The molecule has 2 rings (SSSR count). The monoisotopic (exact) mass is 347 g/mol. The van der Waals surface area contributed by atoms with E-state index in [0.717, 1.165) is 11.3 Å². The Morgan fingerprint density at radius 1 is 1.04 bits per heavy atom. The molecule has 0 spiro atoms. The van der Waals surface area contributed by atoms with Gasteiger partial charge in [-0.1, -0.05) is 35.9 Å². The van der Waals surface area contributed by atoms with E-state index in [1.165, 1.54) is 0 Å². The van der Waals surface area contributed by atoms with Crippen molar-refractivity contribution in [1.29, 1.82) is 0 Å². The largest absolute Gasteiger partial charge is 0.491 e. The molecule has 0 radical (unpaired) electrons. The van der Waals surface area contributed by atoms with E-state index in [1.807, 2.05) is 50.2 Å². The van der Waals surface area contributed by atoms with Crippen molar-refractivity contribution >= 4 is 17.5 Å². The summed E-state index contributed by atoms with van der Waals surface area (Å²) in [6.45, 7) is 6.08. The molecule has 0 aliphatic heterocycles. The van der Waals surface area contributed by atoms with Crippen molar-refractivity contribution in [3.63, 3.8) is 0 Å². The number of hydrogen-bond donors (Lipinski definition) is 1. The van der Waals surface area contributed by atoms with Crippen LogP contribution in [0.5, 0.6) is 11.5 Å². The van der Waals surface area contributed by atoms with Crippen molar-refractivity contribution in [2.24, 2.45) is 0 Å². The Labute approximate surface area is 147 Å². The van der Waals surface area contributed by atoms with Gasteiger partial charge >= 0.3 is 0 Å². The standard InChI is InChI=1S/C19H22ClNO3/c1-13(2)23-16-10-8-15(9-11-16)12-21-19(22)14(3)24-18-7-5-4-6-17(18)20/h4-11,13-14H,12H2,1-3H3,(H,21,22)/t14-/m0/s1. The highest BCUT2D eigenvalue weighted by molar-refractivity contribution is 6.32. The first-order valence-corrected chi connectivity index (χ1v) is 8.28. The summed E-state index contributed by atoms with van der Waals surface area (Å²) in [7, 11) is 0. The second-order valence-corrected chi connectivity index (χ2v) is 6.13. The fraction of sp³-hybridized carbons (Fsp3) is 0.316. The lowest BCUT2D eigenvalue weighted by Gasteiger charge is -2.16. The van der Waals surface area contributed by atoms with Gasteiger partial charge in [0.05, 0.1) is 11.1 Å². The van der Waals surface area contributed by atoms with Gasteiger partial charge in [-0.25, -0.2) is 0 Å². The van der Waals surface area contributed by atoms with Crippen LogP contribution in [-0.4, -0.2) is 18.1 Å². The molecule has 0 aromatic heterocycles. The average Bonchev–Trinajstić information content (AvgIpc) is 2.55. The van der Waals surface area contributed by atoms with Crippen LogP contribution < -0.4 is 14.8 Å². The van der Waals surface area contributed by atoms with Gasteiger partial charge in [0.1, 0.15) is 11.5 Å².